The normalized spacial score (nSPS) is 11.4. The van der Waals surface area contributed by atoms with Crippen LogP contribution in [-0.4, -0.2) is 15.5 Å². The van der Waals surface area contributed by atoms with Crippen LogP contribution in [0, 0.1) is 12.7 Å². The molecule has 0 atom stereocenters. The number of halogens is 1. The molecule has 0 aromatic heterocycles. The quantitative estimate of drug-likeness (QED) is 0.893. The number of hydrogen-bond donors (Lipinski definition) is 2. The van der Waals surface area contributed by atoms with E-state index in [1.807, 2.05) is 0 Å². The Morgan fingerprint density at radius 3 is 2.52 bits per heavy atom. The largest absolute Gasteiger partial charge is 0.316 e. The van der Waals surface area contributed by atoms with Crippen LogP contribution in [0.2, 0.25) is 0 Å². The third-order valence-corrected chi connectivity index (χ3v) is 4.53. The van der Waals surface area contributed by atoms with Crippen LogP contribution in [0.25, 0.3) is 0 Å². The Morgan fingerprint density at radius 1 is 1.14 bits per heavy atom. The van der Waals surface area contributed by atoms with E-state index in [1.54, 1.807) is 38.2 Å². The van der Waals surface area contributed by atoms with Gasteiger partial charge in [0.2, 0.25) is 0 Å². The zero-order valence-corrected chi connectivity index (χ0v) is 12.7. The van der Waals surface area contributed by atoms with Gasteiger partial charge in [0.25, 0.3) is 10.0 Å². The summed E-state index contributed by atoms with van der Waals surface area (Å²) in [5.41, 5.74) is 1.58. The zero-order chi connectivity index (χ0) is 15.5. The first-order valence-corrected chi connectivity index (χ1v) is 7.94. The van der Waals surface area contributed by atoms with Crippen molar-refractivity contribution in [2.24, 2.45) is 0 Å². The third-order valence-electron chi connectivity index (χ3n) is 3.06. The molecule has 2 aromatic rings. The van der Waals surface area contributed by atoms with Crippen LogP contribution < -0.4 is 10.0 Å². The molecular formula is C15H17FN2O2S. The van der Waals surface area contributed by atoms with Crippen molar-refractivity contribution in [1.29, 1.82) is 0 Å². The SMILES string of the molecule is CNCc1ccccc1S(=O)(=O)Nc1ccc(F)cc1C. The third kappa shape index (κ3) is 3.59. The fraction of sp³-hybridized carbons (Fsp3) is 0.200. The first-order valence-electron chi connectivity index (χ1n) is 6.45. The highest BCUT2D eigenvalue weighted by molar-refractivity contribution is 7.92. The molecule has 0 saturated heterocycles. The maximum Gasteiger partial charge on any atom is 0.262 e. The molecule has 2 N–H and O–H groups in total. The molecule has 0 saturated carbocycles. The molecule has 0 spiro atoms. The van der Waals surface area contributed by atoms with Gasteiger partial charge in [0.05, 0.1) is 10.6 Å². The van der Waals surface area contributed by atoms with E-state index in [4.69, 9.17) is 0 Å². The molecule has 2 rings (SSSR count). The topological polar surface area (TPSA) is 58.2 Å². The molecule has 21 heavy (non-hydrogen) atoms. The highest BCUT2D eigenvalue weighted by atomic mass is 32.2. The Bertz CT molecular complexity index is 745. The van der Waals surface area contributed by atoms with Gasteiger partial charge in [-0.3, -0.25) is 4.72 Å². The number of nitrogens with one attached hydrogen (secondary N) is 2. The molecule has 0 amide bonds. The average molecular weight is 308 g/mol. The Kier molecular flexibility index (Phi) is 4.59. The molecule has 0 unspecified atom stereocenters. The van der Waals surface area contributed by atoms with Gasteiger partial charge in [0.15, 0.2) is 0 Å². The molecule has 0 fully saturated rings. The maximum atomic E-state index is 13.1. The molecule has 2 aromatic carbocycles. The van der Waals surface area contributed by atoms with Crippen molar-refractivity contribution in [2.45, 2.75) is 18.4 Å². The fourth-order valence-corrected chi connectivity index (χ4v) is 3.42. The minimum atomic E-state index is -3.71. The lowest BCUT2D eigenvalue weighted by atomic mass is 10.2. The van der Waals surface area contributed by atoms with Crippen molar-refractivity contribution in [2.75, 3.05) is 11.8 Å². The summed E-state index contributed by atoms with van der Waals surface area (Å²) in [4.78, 5) is 0.211. The summed E-state index contributed by atoms with van der Waals surface area (Å²) in [6, 6.07) is 10.7. The Hall–Kier alpha value is -1.92. The predicted octanol–water partition coefficient (Wildman–Crippen LogP) is 2.65. The first kappa shape index (κ1) is 15.5. The summed E-state index contributed by atoms with van der Waals surface area (Å²) >= 11 is 0. The molecule has 6 heteroatoms. The van der Waals surface area contributed by atoms with Crippen molar-refractivity contribution in [3.63, 3.8) is 0 Å². The van der Waals surface area contributed by atoms with Crippen LogP contribution >= 0.6 is 0 Å². The summed E-state index contributed by atoms with van der Waals surface area (Å²) in [5, 5.41) is 2.94. The molecule has 0 heterocycles. The summed E-state index contributed by atoms with van der Waals surface area (Å²) in [5.74, 6) is -0.397. The van der Waals surface area contributed by atoms with Gasteiger partial charge in [-0.15, -0.1) is 0 Å². The lowest BCUT2D eigenvalue weighted by Gasteiger charge is -2.13. The van der Waals surface area contributed by atoms with Crippen molar-refractivity contribution in [3.05, 3.63) is 59.4 Å². The zero-order valence-electron chi connectivity index (χ0n) is 11.9. The van der Waals surface area contributed by atoms with Gasteiger partial charge >= 0.3 is 0 Å². The van der Waals surface area contributed by atoms with Crippen LogP contribution in [0.3, 0.4) is 0 Å². The molecular weight excluding hydrogens is 291 g/mol. The summed E-state index contributed by atoms with van der Waals surface area (Å²) in [7, 11) is -1.96. The lowest BCUT2D eigenvalue weighted by Crippen LogP contribution is -2.17. The van der Waals surface area contributed by atoms with Crippen LogP contribution in [0.15, 0.2) is 47.4 Å². The van der Waals surface area contributed by atoms with Crippen molar-refractivity contribution < 1.29 is 12.8 Å². The maximum absolute atomic E-state index is 13.1. The molecule has 0 aliphatic carbocycles. The van der Waals surface area contributed by atoms with E-state index in [1.165, 1.54) is 18.2 Å². The summed E-state index contributed by atoms with van der Waals surface area (Å²) < 4.78 is 40.6. The number of rotatable bonds is 5. The van der Waals surface area contributed by atoms with Crippen molar-refractivity contribution in [3.8, 4) is 0 Å². The smallest absolute Gasteiger partial charge is 0.262 e. The summed E-state index contributed by atoms with van der Waals surface area (Å²) in [6.07, 6.45) is 0. The second-order valence-corrected chi connectivity index (χ2v) is 6.35. The predicted molar refractivity (Wildman–Crippen MR) is 81.2 cm³/mol. The average Bonchev–Trinajstić information content (AvgIpc) is 2.43. The molecule has 0 aliphatic rings. The minimum Gasteiger partial charge on any atom is -0.316 e. The highest BCUT2D eigenvalue weighted by Gasteiger charge is 2.18. The monoisotopic (exact) mass is 308 g/mol. The van der Waals surface area contributed by atoms with Gasteiger partial charge in [-0.2, -0.15) is 0 Å². The standard InChI is InChI=1S/C15H17FN2O2S/c1-11-9-13(16)7-8-14(11)18-21(19,20)15-6-4-3-5-12(15)10-17-2/h3-9,17-18H,10H2,1-2H3. The van der Waals surface area contributed by atoms with E-state index in [0.717, 1.165) is 0 Å². The van der Waals surface area contributed by atoms with E-state index in [-0.39, 0.29) is 4.90 Å². The van der Waals surface area contributed by atoms with E-state index < -0.39 is 15.8 Å². The van der Waals surface area contributed by atoms with Gasteiger partial charge in [-0.25, -0.2) is 12.8 Å². The van der Waals surface area contributed by atoms with Gasteiger partial charge < -0.3 is 5.32 Å². The van der Waals surface area contributed by atoms with Crippen LogP contribution in [-0.2, 0) is 16.6 Å². The second kappa shape index (κ2) is 6.24. The Morgan fingerprint density at radius 2 is 1.86 bits per heavy atom. The fourth-order valence-electron chi connectivity index (χ4n) is 2.04. The van der Waals surface area contributed by atoms with E-state index in [2.05, 4.69) is 10.0 Å². The van der Waals surface area contributed by atoms with E-state index in [9.17, 15) is 12.8 Å². The number of benzene rings is 2. The Balaban J connectivity index is 2.39. The van der Waals surface area contributed by atoms with Crippen LogP contribution in [0.5, 0.6) is 0 Å². The van der Waals surface area contributed by atoms with Crippen LogP contribution in [0.4, 0.5) is 10.1 Å². The van der Waals surface area contributed by atoms with Gasteiger partial charge in [0, 0.05) is 6.54 Å². The summed E-state index contributed by atoms with van der Waals surface area (Å²) in [6.45, 7) is 2.10. The molecule has 0 bridgehead atoms. The van der Waals surface area contributed by atoms with E-state index >= 15 is 0 Å². The Labute approximate surface area is 124 Å². The van der Waals surface area contributed by atoms with Gasteiger partial charge in [-0.05, 0) is 49.4 Å². The number of hydrogen-bond acceptors (Lipinski definition) is 3. The number of aryl methyl sites for hydroxylation is 1. The van der Waals surface area contributed by atoms with Crippen molar-refractivity contribution >= 4 is 15.7 Å². The van der Waals surface area contributed by atoms with Crippen molar-refractivity contribution in [1.82, 2.24) is 5.32 Å². The minimum absolute atomic E-state index is 0.211. The molecule has 0 radical (unpaired) electrons. The number of sulfonamides is 1. The van der Waals surface area contributed by atoms with Gasteiger partial charge in [-0.1, -0.05) is 18.2 Å². The molecule has 4 nitrogen and oxygen atoms in total. The lowest BCUT2D eigenvalue weighted by molar-refractivity contribution is 0.599. The van der Waals surface area contributed by atoms with Gasteiger partial charge in [0.1, 0.15) is 5.82 Å². The molecule has 0 aliphatic heterocycles. The van der Waals surface area contributed by atoms with E-state index in [0.29, 0.717) is 23.4 Å². The number of anilines is 1. The second-order valence-electron chi connectivity index (χ2n) is 4.70. The van der Waals surface area contributed by atoms with Crippen LogP contribution in [0.1, 0.15) is 11.1 Å². The highest BCUT2D eigenvalue weighted by Crippen LogP contribution is 2.22. The molecule has 112 valence electrons. The first-order chi connectivity index (χ1) is 9.94.